The number of benzene rings is 1. The van der Waals surface area contributed by atoms with Gasteiger partial charge in [-0.25, -0.2) is 4.79 Å². The van der Waals surface area contributed by atoms with Gasteiger partial charge in [0.05, 0.1) is 6.20 Å². The lowest BCUT2D eigenvalue weighted by atomic mass is 9.87. The summed E-state index contributed by atoms with van der Waals surface area (Å²) in [6.45, 7) is 0. The summed E-state index contributed by atoms with van der Waals surface area (Å²) in [5.41, 5.74) is 1.40. The number of nitrogens with zero attached hydrogens (tertiary/aromatic N) is 2. The van der Waals surface area contributed by atoms with Crippen LogP contribution >= 0.6 is 0 Å². The van der Waals surface area contributed by atoms with E-state index in [1.54, 1.807) is 12.1 Å². The maximum atomic E-state index is 12.7. The van der Waals surface area contributed by atoms with Crippen LogP contribution in [0.4, 0.5) is 0 Å². The highest BCUT2D eigenvalue weighted by Crippen LogP contribution is 2.34. The molecule has 1 aromatic carbocycles. The van der Waals surface area contributed by atoms with E-state index in [0.717, 1.165) is 5.56 Å². The Morgan fingerprint density at radius 1 is 1.30 bits per heavy atom. The number of carbonyl (C=O) groups excluding carboxylic acids is 1. The molecule has 2 N–H and O–H groups in total. The molecule has 1 fully saturated rings. The second-order valence-electron chi connectivity index (χ2n) is 5.78. The number of epoxide rings is 1. The summed E-state index contributed by atoms with van der Waals surface area (Å²) < 4.78 is 5.12. The van der Waals surface area contributed by atoms with Crippen molar-refractivity contribution in [1.29, 1.82) is 0 Å². The number of aliphatic hydroxyl groups excluding tert-OH is 1. The molecular formula is C16H14N2O5. The number of carbonyl (C=O) groups is 2. The van der Waals surface area contributed by atoms with E-state index in [-0.39, 0.29) is 17.3 Å². The molecule has 7 heteroatoms. The Bertz CT molecular complexity index is 769. The molecule has 0 amide bonds. The average molecular weight is 314 g/mol. The van der Waals surface area contributed by atoms with Crippen molar-refractivity contribution in [3.8, 4) is 0 Å². The molecule has 1 saturated heterocycles. The number of carboxylic acid groups (broad SMARTS) is 1. The van der Waals surface area contributed by atoms with Crippen LogP contribution in [0.1, 0.15) is 22.3 Å². The van der Waals surface area contributed by atoms with Gasteiger partial charge in [0.1, 0.15) is 24.0 Å². The number of aliphatic hydroxyl groups is 1. The maximum Gasteiger partial charge on any atom is 0.354 e. The molecule has 1 aliphatic carbocycles. The van der Waals surface area contributed by atoms with Crippen LogP contribution in [0.2, 0.25) is 0 Å². The van der Waals surface area contributed by atoms with Gasteiger partial charge in [-0.05, 0) is 18.4 Å². The number of fused-ring (bicyclic) bond motifs is 2. The van der Waals surface area contributed by atoms with Gasteiger partial charge in [-0.3, -0.25) is 9.80 Å². The fourth-order valence-electron chi connectivity index (χ4n) is 3.12. The van der Waals surface area contributed by atoms with Crippen LogP contribution in [0.3, 0.4) is 0 Å². The molecule has 0 saturated carbocycles. The SMILES string of the molecule is O=C(O)C1=NN(C2CCc3ccccc3C2=O)C=C(O)C2OC12. The van der Waals surface area contributed by atoms with Crippen LogP contribution < -0.4 is 0 Å². The van der Waals surface area contributed by atoms with Gasteiger partial charge in [0.2, 0.25) is 0 Å². The molecular weight excluding hydrogens is 300 g/mol. The summed E-state index contributed by atoms with van der Waals surface area (Å²) >= 11 is 0. The summed E-state index contributed by atoms with van der Waals surface area (Å²) in [5.74, 6) is -1.45. The second-order valence-corrected chi connectivity index (χ2v) is 5.78. The molecule has 0 bridgehead atoms. The molecule has 0 aromatic heterocycles. The molecule has 3 atom stereocenters. The predicted octanol–water partition coefficient (Wildman–Crippen LogP) is 1.11. The Labute approximate surface area is 131 Å². The number of aryl methyl sites for hydroxylation is 1. The molecule has 2 heterocycles. The number of Topliss-reactive ketones (excluding diaryl/α,β-unsaturated/α-hetero) is 1. The van der Waals surface area contributed by atoms with Crippen LogP contribution in [0.25, 0.3) is 0 Å². The minimum absolute atomic E-state index is 0.110. The summed E-state index contributed by atoms with van der Waals surface area (Å²) in [5, 5.41) is 24.6. The Morgan fingerprint density at radius 2 is 2.09 bits per heavy atom. The number of hydrazone groups is 1. The largest absolute Gasteiger partial charge is 0.508 e. The van der Waals surface area contributed by atoms with Crippen molar-refractivity contribution in [3.05, 3.63) is 47.4 Å². The minimum Gasteiger partial charge on any atom is -0.508 e. The highest BCUT2D eigenvalue weighted by molar-refractivity contribution is 6.38. The van der Waals surface area contributed by atoms with Crippen molar-refractivity contribution < 1.29 is 24.5 Å². The van der Waals surface area contributed by atoms with Crippen molar-refractivity contribution in [2.45, 2.75) is 31.1 Å². The number of rotatable bonds is 2. The second kappa shape index (κ2) is 4.92. The Morgan fingerprint density at radius 3 is 2.87 bits per heavy atom. The molecule has 3 aliphatic rings. The highest BCUT2D eigenvalue weighted by Gasteiger charge is 2.51. The normalized spacial score (nSPS) is 29.0. The molecule has 23 heavy (non-hydrogen) atoms. The van der Waals surface area contributed by atoms with Crippen molar-refractivity contribution in [1.82, 2.24) is 5.01 Å². The fraction of sp³-hybridized carbons (Fsp3) is 0.312. The highest BCUT2D eigenvalue weighted by atomic mass is 16.6. The third-order valence-electron chi connectivity index (χ3n) is 4.35. The van der Waals surface area contributed by atoms with Gasteiger partial charge in [0.15, 0.2) is 11.5 Å². The summed E-state index contributed by atoms with van der Waals surface area (Å²) in [7, 11) is 0. The van der Waals surface area contributed by atoms with Gasteiger partial charge in [-0.1, -0.05) is 24.3 Å². The first-order valence-corrected chi connectivity index (χ1v) is 7.34. The zero-order chi connectivity index (χ0) is 16.1. The summed E-state index contributed by atoms with van der Waals surface area (Å²) in [4.78, 5) is 24.0. The van der Waals surface area contributed by atoms with E-state index in [2.05, 4.69) is 5.10 Å². The maximum absolute atomic E-state index is 12.7. The van der Waals surface area contributed by atoms with Crippen molar-refractivity contribution in [2.24, 2.45) is 5.10 Å². The van der Waals surface area contributed by atoms with Crippen LogP contribution in [0.15, 0.2) is 41.3 Å². The van der Waals surface area contributed by atoms with Crippen molar-refractivity contribution in [2.75, 3.05) is 0 Å². The zero-order valence-corrected chi connectivity index (χ0v) is 12.0. The summed E-state index contributed by atoms with van der Waals surface area (Å²) in [6, 6.07) is 6.72. The quantitative estimate of drug-likeness (QED) is 0.793. The lowest BCUT2D eigenvalue weighted by Crippen LogP contribution is -2.39. The van der Waals surface area contributed by atoms with Gasteiger partial charge in [0, 0.05) is 5.56 Å². The first-order valence-electron chi connectivity index (χ1n) is 7.34. The van der Waals surface area contributed by atoms with Crippen molar-refractivity contribution in [3.63, 3.8) is 0 Å². The lowest BCUT2D eigenvalue weighted by molar-refractivity contribution is -0.129. The first kappa shape index (κ1) is 14.0. The van der Waals surface area contributed by atoms with Crippen LogP contribution in [-0.4, -0.2) is 50.9 Å². The van der Waals surface area contributed by atoms with E-state index in [1.165, 1.54) is 11.2 Å². The average Bonchev–Trinajstić information content (AvgIpc) is 3.32. The van der Waals surface area contributed by atoms with E-state index in [9.17, 15) is 19.8 Å². The number of ketones is 1. The number of ether oxygens (including phenoxy) is 1. The fourth-order valence-corrected chi connectivity index (χ4v) is 3.12. The van der Waals surface area contributed by atoms with E-state index in [0.29, 0.717) is 18.4 Å². The number of hydrogen-bond donors (Lipinski definition) is 2. The van der Waals surface area contributed by atoms with E-state index in [1.807, 2.05) is 12.1 Å². The number of hydrogen-bond acceptors (Lipinski definition) is 6. The third kappa shape index (κ3) is 2.20. The molecule has 0 radical (unpaired) electrons. The first-order chi connectivity index (χ1) is 11.1. The van der Waals surface area contributed by atoms with Gasteiger partial charge >= 0.3 is 5.97 Å². The van der Waals surface area contributed by atoms with Gasteiger partial charge < -0.3 is 14.9 Å². The zero-order valence-electron chi connectivity index (χ0n) is 12.0. The predicted molar refractivity (Wildman–Crippen MR) is 79.2 cm³/mol. The third-order valence-corrected chi connectivity index (χ3v) is 4.35. The number of aliphatic carboxylic acids is 1. The Kier molecular flexibility index (Phi) is 2.99. The van der Waals surface area contributed by atoms with Gasteiger partial charge in [0.25, 0.3) is 0 Å². The van der Waals surface area contributed by atoms with Crippen LogP contribution in [-0.2, 0) is 16.0 Å². The molecule has 7 nitrogen and oxygen atoms in total. The molecule has 118 valence electrons. The molecule has 1 aromatic rings. The van der Waals surface area contributed by atoms with Crippen LogP contribution in [0, 0.1) is 0 Å². The van der Waals surface area contributed by atoms with Crippen LogP contribution in [0.5, 0.6) is 0 Å². The molecule has 4 rings (SSSR count). The topological polar surface area (TPSA) is 103 Å². The Balaban J connectivity index is 1.71. The molecule has 2 aliphatic heterocycles. The molecule has 0 spiro atoms. The molecule has 3 unspecified atom stereocenters. The van der Waals surface area contributed by atoms with E-state index < -0.39 is 24.2 Å². The smallest absolute Gasteiger partial charge is 0.354 e. The Hall–Kier alpha value is -2.67. The van der Waals surface area contributed by atoms with E-state index >= 15 is 0 Å². The standard InChI is InChI=1S/C16H14N2O5/c19-11-7-18(17-12(16(21)22)15-14(11)23-15)10-6-5-8-3-1-2-4-9(8)13(10)20/h1-4,7,10,14-15,19H,5-6H2,(H,21,22). The monoisotopic (exact) mass is 314 g/mol. The minimum atomic E-state index is -1.21. The summed E-state index contributed by atoms with van der Waals surface area (Å²) in [6.07, 6.45) is 1.07. The van der Waals surface area contributed by atoms with E-state index in [4.69, 9.17) is 4.74 Å². The lowest BCUT2D eigenvalue weighted by Gasteiger charge is -2.29. The van der Waals surface area contributed by atoms with Crippen molar-refractivity contribution >= 4 is 17.5 Å². The van der Waals surface area contributed by atoms with Gasteiger partial charge in [-0.2, -0.15) is 5.10 Å². The van der Waals surface area contributed by atoms with Gasteiger partial charge in [-0.15, -0.1) is 0 Å². The number of carboxylic acids is 1.